The Balaban J connectivity index is 1.55. The van der Waals surface area contributed by atoms with Crippen LogP contribution in [0.4, 0.5) is 5.69 Å². The Morgan fingerprint density at radius 2 is 1.84 bits per heavy atom. The van der Waals surface area contributed by atoms with Crippen molar-refractivity contribution in [3.8, 4) is 22.8 Å². The first-order valence-corrected chi connectivity index (χ1v) is 10.6. The smallest absolute Gasteiger partial charge is 0.234 e. The van der Waals surface area contributed by atoms with E-state index in [0.29, 0.717) is 16.7 Å². The molecular formula is C23H21N5O2S. The summed E-state index contributed by atoms with van der Waals surface area (Å²) in [6.07, 6.45) is 3.47. The fourth-order valence-electron chi connectivity index (χ4n) is 2.97. The van der Waals surface area contributed by atoms with Gasteiger partial charge < -0.3 is 10.1 Å². The van der Waals surface area contributed by atoms with E-state index >= 15 is 0 Å². The molecule has 156 valence electrons. The molecule has 2 heterocycles. The molecule has 0 saturated carbocycles. The number of aryl methyl sites for hydroxylation is 1. The number of pyridine rings is 1. The molecule has 0 saturated heterocycles. The largest absolute Gasteiger partial charge is 0.497 e. The van der Waals surface area contributed by atoms with Gasteiger partial charge in [-0.3, -0.25) is 14.3 Å². The van der Waals surface area contributed by atoms with Gasteiger partial charge in [0.15, 0.2) is 11.0 Å². The lowest BCUT2D eigenvalue weighted by Crippen LogP contribution is -2.14. The SMILES string of the molecule is COc1ccc(NC(=O)CSc2nnc(-c3cccnc3)n2-c2ccc(C)cc2)cc1. The maximum absolute atomic E-state index is 12.5. The van der Waals surface area contributed by atoms with Crippen molar-refractivity contribution in [3.05, 3.63) is 78.6 Å². The average Bonchev–Trinajstić information content (AvgIpc) is 3.23. The summed E-state index contributed by atoms with van der Waals surface area (Å²) >= 11 is 1.33. The minimum Gasteiger partial charge on any atom is -0.497 e. The summed E-state index contributed by atoms with van der Waals surface area (Å²) in [7, 11) is 1.61. The van der Waals surface area contributed by atoms with Crippen LogP contribution in [0.1, 0.15) is 5.56 Å². The predicted molar refractivity (Wildman–Crippen MR) is 122 cm³/mol. The zero-order valence-corrected chi connectivity index (χ0v) is 18.0. The molecule has 0 fully saturated rings. The molecule has 4 rings (SSSR count). The van der Waals surface area contributed by atoms with Gasteiger partial charge in [-0.1, -0.05) is 29.5 Å². The lowest BCUT2D eigenvalue weighted by molar-refractivity contribution is -0.113. The van der Waals surface area contributed by atoms with E-state index in [4.69, 9.17) is 4.74 Å². The molecule has 0 aliphatic rings. The van der Waals surface area contributed by atoms with Crippen molar-refractivity contribution in [1.82, 2.24) is 19.7 Å². The first-order chi connectivity index (χ1) is 15.1. The van der Waals surface area contributed by atoms with Gasteiger partial charge in [-0.05, 0) is 55.5 Å². The number of hydrogen-bond donors (Lipinski definition) is 1. The van der Waals surface area contributed by atoms with Gasteiger partial charge in [0.1, 0.15) is 5.75 Å². The van der Waals surface area contributed by atoms with Gasteiger partial charge in [-0.2, -0.15) is 0 Å². The lowest BCUT2D eigenvalue weighted by Gasteiger charge is -2.11. The summed E-state index contributed by atoms with van der Waals surface area (Å²) in [5.74, 6) is 1.48. The number of aromatic nitrogens is 4. The van der Waals surface area contributed by atoms with Crippen LogP contribution in [0, 0.1) is 6.92 Å². The second-order valence-electron chi connectivity index (χ2n) is 6.78. The predicted octanol–water partition coefficient (Wildman–Crippen LogP) is 4.38. The van der Waals surface area contributed by atoms with E-state index in [1.165, 1.54) is 11.8 Å². The Bertz CT molecular complexity index is 1160. The van der Waals surface area contributed by atoms with Crippen LogP contribution in [0.3, 0.4) is 0 Å². The van der Waals surface area contributed by atoms with Crippen LogP contribution in [-0.4, -0.2) is 38.5 Å². The molecule has 0 aliphatic carbocycles. The molecule has 0 unspecified atom stereocenters. The zero-order chi connectivity index (χ0) is 21.6. The van der Waals surface area contributed by atoms with Crippen molar-refractivity contribution in [1.29, 1.82) is 0 Å². The van der Waals surface area contributed by atoms with E-state index in [1.54, 1.807) is 43.8 Å². The molecule has 2 aromatic heterocycles. The molecule has 1 N–H and O–H groups in total. The maximum atomic E-state index is 12.5. The molecule has 7 nitrogen and oxygen atoms in total. The van der Waals surface area contributed by atoms with Gasteiger partial charge in [0.25, 0.3) is 0 Å². The Labute approximate surface area is 184 Å². The third-order valence-corrected chi connectivity index (χ3v) is 5.48. The highest BCUT2D eigenvalue weighted by atomic mass is 32.2. The van der Waals surface area contributed by atoms with Gasteiger partial charge >= 0.3 is 0 Å². The van der Waals surface area contributed by atoms with E-state index in [2.05, 4.69) is 20.5 Å². The molecule has 31 heavy (non-hydrogen) atoms. The number of carbonyl (C=O) groups excluding carboxylic acids is 1. The molecule has 1 amide bonds. The molecule has 2 aromatic carbocycles. The topological polar surface area (TPSA) is 81.9 Å². The Kier molecular flexibility index (Phi) is 6.28. The standard InChI is InChI=1S/C23H21N5O2S/c1-16-5-9-19(10-6-16)28-22(17-4-3-13-24-14-17)26-27-23(28)31-15-21(29)25-18-7-11-20(30-2)12-8-18/h3-14H,15H2,1-2H3,(H,25,29). The third-order valence-electron chi connectivity index (χ3n) is 4.55. The number of amides is 1. The zero-order valence-electron chi connectivity index (χ0n) is 17.1. The van der Waals surface area contributed by atoms with Crippen LogP contribution in [0.2, 0.25) is 0 Å². The third kappa shape index (κ3) is 4.92. The lowest BCUT2D eigenvalue weighted by atomic mass is 10.2. The number of hydrogen-bond acceptors (Lipinski definition) is 6. The van der Waals surface area contributed by atoms with Crippen molar-refractivity contribution in [2.45, 2.75) is 12.1 Å². The summed E-state index contributed by atoms with van der Waals surface area (Å²) in [5, 5.41) is 12.2. The Morgan fingerprint density at radius 1 is 1.06 bits per heavy atom. The molecular weight excluding hydrogens is 410 g/mol. The average molecular weight is 432 g/mol. The number of benzene rings is 2. The molecule has 0 atom stereocenters. The van der Waals surface area contributed by atoms with Crippen molar-refractivity contribution >= 4 is 23.4 Å². The van der Waals surface area contributed by atoms with Crippen molar-refractivity contribution in [3.63, 3.8) is 0 Å². The molecule has 0 radical (unpaired) electrons. The van der Waals surface area contributed by atoms with Gasteiger partial charge in [0.2, 0.25) is 5.91 Å². The summed E-state index contributed by atoms with van der Waals surface area (Å²) in [6.45, 7) is 2.04. The van der Waals surface area contributed by atoms with E-state index in [9.17, 15) is 4.79 Å². The van der Waals surface area contributed by atoms with Crippen molar-refractivity contribution in [2.24, 2.45) is 0 Å². The number of anilines is 1. The molecule has 8 heteroatoms. The van der Waals surface area contributed by atoms with E-state index in [1.807, 2.05) is 47.9 Å². The summed E-state index contributed by atoms with van der Waals surface area (Å²) in [6, 6.07) is 19.1. The number of ether oxygens (including phenoxy) is 1. The van der Waals surface area contributed by atoms with E-state index < -0.39 is 0 Å². The number of rotatable bonds is 7. The molecule has 0 aliphatic heterocycles. The second kappa shape index (κ2) is 9.44. The van der Waals surface area contributed by atoms with Gasteiger partial charge in [0.05, 0.1) is 12.9 Å². The number of nitrogens with one attached hydrogen (secondary N) is 1. The summed E-state index contributed by atoms with van der Waals surface area (Å²) < 4.78 is 7.09. The fraction of sp³-hybridized carbons (Fsp3) is 0.130. The highest BCUT2D eigenvalue weighted by Crippen LogP contribution is 2.28. The monoisotopic (exact) mass is 431 g/mol. The number of nitrogens with zero attached hydrogens (tertiary/aromatic N) is 4. The number of thioether (sulfide) groups is 1. The number of carbonyl (C=O) groups is 1. The summed E-state index contributed by atoms with van der Waals surface area (Å²) in [4.78, 5) is 16.7. The van der Waals surface area contributed by atoms with E-state index in [-0.39, 0.29) is 11.7 Å². The van der Waals surface area contributed by atoms with Crippen LogP contribution in [0.5, 0.6) is 5.75 Å². The van der Waals surface area contributed by atoms with E-state index in [0.717, 1.165) is 22.6 Å². The van der Waals surface area contributed by atoms with Gasteiger partial charge in [-0.15, -0.1) is 10.2 Å². The van der Waals surface area contributed by atoms with Crippen molar-refractivity contribution < 1.29 is 9.53 Å². The van der Waals surface area contributed by atoms with Crippen LogP contribution in [0.25, 0.3) is 17.1 Å². The van der Waals surface area contributed by atoms with Crippen LogP contribution in [0.15, 0.2) is 78.2 Å². The summed E-state index contributed by atoms with van der Waals surface area (Å²) in [5.41, 5.74) is 3.65. The molecule has 0 spiro atoms. The Hall–Kier alpha value is -3.65. The normalized spacial score (nSPS) is 10.6. The van der Waals surface area contributed by atoms with Gasteiger partial charge in [-0.25, -0.2) is 0 Å². The molecule has 4 aromatic rings. The van der Waals surface area contributed by atoms with Crippen LogP contribution >= 0.6 is 11.8 Å². The van der Waals surface area contributed by atoms with Crippen LogP contribution < -0.4 is 10.1 Å². The minimum absolute atomic E-state index is 0.128. The second-order valence-corrected chi connectivity index (χ2v) is 7.73. The first kappa shape index (κ1) is 20.6. The Morgan fingerprint density at radius 3 is 2.52 bits per heavy atom. The number of methoxy groups -OCH3 is 1. The fourth-order valence-corrected chi connectivity index (χ4v) is 3.73. The highest BCUT2D eigenvalue weighted by molar-refractivity contribution is 7.99. The van der Waals surface area contributed by atoms with Crippen LogP contribution in [-0.2, 0) is 4.79 Å². The van der Waals surface area contributed by atoms with Crippen molar-refractivity contribution in [2.75, 3.05) is 18.2 Å². The minimum atomic E-state index is -0.128. The quantitative estimate of drug-likeness (QED) is 0.438. The van der Waals surface area contributed by atoms with Gasteiger partial charge in [0, 0.05) is 29.3 Å². The highest BCUT2D eigenvalue weighted by Gasteiger charge is 2.17. The maximum Gasteiger partial charge on any atom is 0.234 e. The molecule has 0 bridgehead atoms. The first-order valence-electron chi connectivity index (χ1n) is 9.63.